The summed E-state index contributed by atoms with van der Waals surface area (Å²) in [6, 6.07) is 5.29. The highest BCUT2D eigenvalue weighted by molar-refractivity contribution is 6.30. The van der Waals surface area contributed by atoms with Crippen LogP contribution in [0.1, 0.15) is 18.4 Å². The molecule has 0 saturated heterocycles. The summed E-state index contributed by atoms with van der Waals surface area (Å²) in [5.74, 6) is -0.306. The van der Waals surface area contributed by atoms with E-state index in [4.69, 9.17) is 21.4 Å². The molecule has 1 aliphatic heterocycles. The average Bonchev–Trinajstić information content (AvgIpc) is 2.80. The van der Waals surface area contributed by atoms with Crippen LogP contribution in [0.5, 0.6) is 5.75 Å². The van der Waals surface area contributed by atoms with Gasteiger partial charge in [0.1, 0.15) is 5.75 Å². The predicted molar refractivity (Wildman–Crippen MR) is 74.1 cm³/mol. The zero-order valence-corrected chi connectivity index (χ0v) is 11.9. The van der Waals surface area contributed by atoms with Crippen molar-refractivity contribution in [1.82, 2.24) is 4.90 Å². The SMILES string of the molecule is CN(CCCC(=O)O)C(=O)C1Cc2cc(Cl)ccc2O1. The van der Waals surface area contributed by atoms with Crippen molar-refractivity contribution in [2.45, 2.75) is 25.4 Å². The molecule has 0 aromatic heterocycles. The van der Waals surface area contributed by atoms with Crippen LogP contribution in [-0.4, -0.2) is 41.6 Å². The first kappa shape index (κ1) is 14.7. The third kappa shape index (κ3) is 3.42. The Hall–Kier alpha value is -1.75. The molecule has 1 heterocycles. The number of fused-ring (bicyclic) bond motifs is 1. The normalized spacial score (nSPS) is 16.4. The fourth-order valence-corrected chi connectivity index (χ4v) is 2.37. The maximum atomic E-state index is 12.2. The molecule has 1 N–H and O–H groups in total. The largest absolute Gasteiger partial charge is 0.481 e. The number of carbonyl (C=O) groups excluding carboxylic acids is 1. The molecule has 108 valence electrons. The Morgan fingerprint density at radius 2 is 2.25 bits per heavy atom. The van der Waals surface area contributed by atoms with Crippen LogP contribution in [0.25, 0.3) is 0 Å². The summed E-state index contributed by atoms with van der Waals surface area (Å²) in [6.45, 7) is 0.405. The average molecular weight is 298 g/mol. The van der Waals surface area contributed by atoms with Gasteiger partial charge in [-0.1, -0.05) is 11.6 Å². The molecule has 0 fully saturated rings. The van der Waals surface area contributed by atoms with E-state index < -0.39 is 12.1 Å². The molecular formula is C14H16ClNO4. The first-order chi connectivity index (χ1) is 9.47. The minimum absolute atomic E-state index is 0.0545. The summed E-state index contributed by atoms with van der Waals surface area (Å²) in [7, 11) is 1.66. The smallest absolute Gasteiger partial charge is 0.303 e. The van der Waals surface area contributed by atoms with E-state index >= 15 is 0 Å². The fourth-order valence-electron chi connectivity index (χ4n) is 2.18. The van der Waals surface area contributed by atoms with Gasteiger partial charge >= 0.3 is 5.97 Å². The Kier molecular flexibility index (Phi) is 4.49. The Bertz CT molecular complexity index is 532. The van der Waals surface area contributed by atoms with Gasteiger partial charge in [-0.25, -0.2) is 0 Å². The standard InChI is InChI=1S/C14H16ClNO4/c1-16(6-2-3-13(17)18)14(19)12-8-9-7-10(15)4-5-11(9)20-12/h4-5,7,12H,2-3,6,8H2,1H3,(H,17,18). The number of halogens is 1. The highest BCUT2D eigenvalue weighted by Crippen LogP contribution is 2.31. The Morgan fingerprint density at radius 1 is 1.50 bits per heavy atom. The molecule has 1 atom stereocenters. The topological polar surface area (TPSA) is 66.8 Å². The van der Waals surface area contributed by atoms with Gasteiger partial charge < -0.3 is 14.7 Å². The van der Waals surface area contributed by atoms with Gasteiger partial charge in [0.2, 0.25) is 0 Å². The zero-order valence-electron chi connectivity index (χ0n) is 11.1. The van der Waals surface area contributed by atoms with E-state index in [9.17, 15) is 9.59 Å². The van der Waals surface area contributed by atoms with E-state index in [1.807, 2.05) is 0 Å². The third-order valence-corrected chi connectivity index (χ3v) is 3.47. The second-order valence-electron chi connectivity index (χ2n) is 4.82. The highest BCUT2D eigenvalue weighted by Gasteiger charge is 2.31. The molecule has 5 nitrogen and oxygen atoms in total. The molecule has 1 aromatic rings. The fraction of sp³-hybridized carbons (Fsp3) is 0.429. The second kappa shape index (κ2) is 6.13. The third-order valence-electron chi connectivity index (χ3n) is 3.23. The first-order valence-corrected chi connectivity index (χ1v) is 6.77. The van der Waals surface area contributed by atoms with Crippen LogP contribution in [0.2, 0.25) is 5.02 Å². The summed E-state index contributed by atoms with van der Waals surface area (Å²) >= 11 is 5.90. The first-order valence-electron chi connectivity index (χ1n) is 6.39. The van der Waals surface area contributed by atoms with Gasteiger partial charge in [-0.2, -0.15) is 0 Å². The van der Waals surface area contributed by atoms with E-state index in [2.05, 4.69) is 0 Å². The molecule has 0 radical (unpaired) electrons. The number of nitrogens with zero attached hydrogens (tertiary/aromatic N) is 1. The van der Waals surface area contributed by atoms with Crippen LogP contribution >= 0.6 is 11.6 Å². The lowest BCUT2D eigenvalue weighted by Gasteiger charge is -2.20. The van der Waals surface area contributed by atoms with Crippen molar-refractivity contribution < 1.29 is 19.4 Å². The van der Waals surface area contributed by atoms with Gasteiger partial charge in [0.15, 0.2) is 6.10 Å². The molecule has 1 aromatic carbocycles. The van der Waals surface area contributed by atoms with E-state index in [1.54, 1.807) is 25.2 Å². The van der Waals surface area contributed by atoms with Crippen LogP contribution in [0.15, 0.2) is 18.2 Å². The monoisotopic (exact) mass is 297 g/mol. The van der Waals surface area contributed by atoms with Gasteiger partial charge in [0, 0.05) is 31.5 Å². The van der Waals surface area contributed by atoms with Crippen molar-refractivity contribution >= 4 is 23.5 Å². The van der Waals surface area contributed by atoms with Crippen LogP contribution in [0.3, 0.4) is 0 Å². The van der Waals surface area contributed by atoms with Crippen molar-refractivity contribution in [2.24, 2.45) is 0 Å². The summed E-state index contributed by atoms with van der Waals surface area (Å²) in [5, 5.41) is 9.20. The molecule has 0 spiro atoms. The molecule has 0 aliphatic carbocycles. The van der Waals surface area contributed by atoms with Gasteiger partial charge in [0.05, 0.1) is 0 Å². The minimum atomic E-state index is -0.856. The molecule has 1 unspecified atom stereocenters. The molecule has 1 amide bonds. The van der Waals surface area contributed by atoms with Crippen molar-refractivity contribution in [2.75, 3.05) is 13.6 Å². The number of benzene rings is 1. The molecule has 20 heavy (non-hydrogen) atoms. The number of carboxylic acids is 1. The Morgan fingerprint density at radius 3 is 2.95 bits per heavy atom. The van der Waals surface area contributed by atoms with Crippen LogP contribution < -0.4 is 4.74 Å². The van der Waals surface area contributed by atoms with Gasteiger partial charge in [-0.15, -0.1) is 0 Å². The van der Waals surface area contributed by atoms with E-state index in [0.717, 1.165) is 5.56 Å². The van der Waals surface area contributed by atoms with E-state index in [0.29, 0.717) is 30.2 Å². The lowest BCUT2D eigenvalue weighted by Crippen LogP contribution is -2.39. The van der Waals surface area contributed by atoms with E-state index in [1.165, 1.54) is 4.90 Å². The number of carboxylic acid groups (broad SMARTS) is 1. The predicted octanol–water partition coefficient (Wildman–Crippen LogP) is 1.97. The summed E-state index contributed by atoms with van der Waals surface area (Å²) in [4.78, 5) is 24.2. The number of amides is 1. The van der Waals surface area contributed by atoms with Gasteiger partial charge in [-0.05, 0) is 30.2 Å². The van der Waals surface area contributed by atoms with Gasteiger partial charge in [-0.3, -0.25) is 9.59 Å². The minimum Gasteiger partial charge on any atom is -0.481 e. The quantitative estimate of drug-likeness (QED) is 0.902. The van der Waals surface area contributed by atoms with Crippen LogP contribution in [0.4, 0.5) is 0 Å². The number of hydrogen-bond acceptors (Lipinski definition) is 3. The van der Waals surface area contributed by atoms with Crippen molar-refractivity contribution in [3.8, 4) is 5.75 Å². The van der Waals surface area contributed by atoms with Crippen LogP contribution in [-0.2, 0) is 16.0 Å². The molecular weight excluding hydrogens is 282 g/mol. The molecule has 0 saturated carbocycles. The van der Waals surface area contributed by atoms with Crippen molar-refractivity contribution in [3.05, 3.63) is 28.8 Å². The highest BCUT2D eigenvalue weighted by atomic mass is 35.5. The summed E-state index contributed by atoms with van der Waals surface area (Å²) < 4.78 is 5.61. The van der Waals surface area contributed by atoms with Crippen molar-refractivity contribution in [3.63, 3.8) is 0 Å². The number of aliphatic carboxylic acids is 1. The molecule has 2 rings (SSSR count). The van der Waals surface area contributed by atoms with Crippen molar-refractivity contribution in [1.29, 1.82) is 0 Å². The summed E-state index contributed by atoms with van der Waals surface area (Å²) in [5.41, 5.74) is 0.926. The molecule has 0 bridgehead atoms. The number of carbonyl (C=O) groups is 2. The maximum Gasteiger partial charge on any atom is 0.303 e. The zero-order chi connectivity index (χ0) is 14.7. The van der Waals surface area contributed by atoms with Crippen LogP contribution in [0, 0.1) is 0 Å². The molecule has 6 heteroatoms. The Balaban J connectivity index is 1.90. The van der Waals surface area contributed by atoms with Gasteiger partial charge in [0.25, 0.3) is 5.91 Å². The summed E-state index contributed by atoms with van der Waals surface area (Å²) in [6.07, 6.45) is 0.443. The number of likely N-dealkylation sites (N-methyl/N-ethyl adjacent to an activating group) is 1. The second-order valence-corrected chi connectivity index (χ2v) is 5.26. The number of ether oxygens (including phenoxy) is 1. The lowest BCUT2D eigenvalue weighted by molar-refractivity contribution is -0.139. The maximum absolute atomic E-state index is 12.2. The molecule has 1 aliphatic rings. The number of rotatable bonds is 5. The van der Waals surface area contributed by atoms with E-state index in [-0.39, 0.29) is 12.3 Å². The Labute approximate surface area is 122 Å². The lowest BCUT2D eigenvalue weighted by atomic mass is 10.1. The number of hydrogen-bond donors (Lipinski definition) is 1.